The summed E-state index contributed by atoms with van der Waals surface area (Å²) < 4.78 is 32.6. The molecule has 2 aromatic rings. The van der Waals surface area contributed by atoms with Gasteiger partial charge in [-0.15, -0.1) is 0 Å². The Morgan fingerprint density at radius 1 is 1.14 bits per heavy atom. The Kier molecular flexibility index (Phi) is 5.70. The Labute approximate surface area is 131 Å². The molecule has 0 atom stereocenters. The lowest BCUT2D eigenvalue weighted by atomic mass is 10.2. The molecule has 0 radical (unpaired) electrons. The second-order valence-electron chi connectivity index (χ2n) is 4.57. The third-order valence-electron chi connectivity index (χ3n) is 2.97. The van der Waals surface area contributed by atoms with Crippen LogP contribution in [0, 0.1) is 11.6 Å². The third kappa shape index (κ3) is 4.51. The molecule has 0 aliphatic carbocycles. The van der Waals surface area contributed by atoms with Crippen LogP contribution in [0.15, 0.2) is 40.9 Å². The lowest BCUT2D eigenvalue weighted by Crippen LogP contribution is -2.13. The zero-order chi connectivity index (χ0) is 15.2. The fourth-order valence-corrected chi connectivity index (χ4v) is 2.30. The molecule has 21 heavy (non-hydrogen) atoms. The first-order valence-electron chi connectivity index (χ1n) is 6.66. The molecule has 0 aliphatic heterocycles. The van der Waals surface area contributed by atoms with Gasteiger partial charge in [0.2, 0.25) is 0 Å². The second kappa shape index (κ2) is 7.52. The van der Waals surface area contributed by atoms with E-state index in [0.29, 0.717) is 23.4 Å². The summed E-state index contributed by atoms with van der Waals surface area (Å²) in [4.78, 5) is 0. The van der Waals surface area contributed by atoms with Crippen molar-refractivity contribution in [1.29, 1.82) is 0 Å². The van der Waals surface area contributed by atoms with Crippen molar-refractivity contribution in [3.8, 4) is 5.75 Å². The Balaban J connectivity index is 2.09. The van der Waals surface area contributed by atoms with Crippen LogP contribution in [0.1, 0.15) is 18.1 Å². The van der Waals surface area contributed by atoms with Crippen molar-refractivity contribution >= 4 is 15.9 Å². The van der Waals surface area contributed by atoms with Gasteiger partial charge in [-0.3, -0.25) is 0 Å². The molecule has 112 valence electrons. The first kappa shape index (κ1) is 15.9. The van der Waals surface area contributed by atoms with E-state index < -0.39 is 0 Å². The van der Waals surface area contributed by atoms with Crippen LogP contribution in [0.3, 0.4) is 0 Å². The summed E-state index contributed by atoms with van der Waals surface area (Å²) in [5.74, 6) is 0.0194. The van der Waals surface area contributed by atoms with Crippen molar-refractivity contribution < 1.29 is 13.5 Å². The Bertz CT molecular complexity index is 619. The maximum atomic E-state index is 13.3. The minimum absolute atomic E-state index is 0.292. The summed E-state index contributed by atoms with van der Waals surface area (Å²) in [5, 5.41) is 3.14. The van der Waals surface area contributed by atoms with Crippen LogP contribution in [-0.4, -0.2) is 6.54 Å². The van der Waals surface area contributed by atoms with Crippen LogP contribution in [0.25, 0.3) is 0 Å². The number of hydrogen-bond donors (Lipinski definition) is 1. The zero-order valence-corrected chi connectivity index (χ0v) is 13.2. The molecular weight excluding hydrogens is 340 g/mol. The van der Waals surface area contributed by atoms with Gasteiger partial charge in [-0.05, 0) is 58.4 Å². The summed E-state index contributed by atoms with van der Waals surface area (Å²) in [5.41, 5.74) is 1.60. The SMILES string of the molecule is CCNCc1cc(F)ccc1OCc1ccc(F)c(Br)c1. The van der Waals surface area contributed by atoms with E-state index in [-0.39, 0.29) is 11.6 Å². The van der Waals surface area contributed by atoms with Gasteiger partial charge in [0.05, 0.1) is 4.47 Å². The molecule has 0 aliphatic rings. The summed E-state index contributed by atoms with van der Waals surface area (Å²) in [7, 11) is 0. The molecule has 0 bridgehead atoms. The molecule has 1 N–H and O–H groups in total. The van der Waals surface area contributed by atoms with Crippen LogP contribution in [0.2, 0.25) is 0 Å². The van der Waals surface area contributed by atoms with Crippen LogP contribution in [-0.2, 0) is 13.2 Å². The van der Waals surface area contributed by atoms with Gasteiger partial charge in [0.25, 0.3) is 0 Å². The van der Waals surface area contributed by atoms with Crippen molar-refractivity contribution in [2.24, 2.45) is 0 Å². The van der Waals surface area contributed by atoms with Gasteiger partial charge in [0.15, 0.2) is 0 Å². The summed E-state index contributed by atoms with van der Waals surface area (Å²) >= 11 is 3.14. The molecular formula is C16H16BrF2NO. The van der Waals surface area contributed by atoms with Gasteiger partial charge >= 0.3 is 0 Å². The average Bonchev–Trinajstić information content (AvgIpc) is 2.47. The van der Waals surface area contributed by atoms with E-state index in [0.717, 1.165) is 17.7 Å². The smallest absolute Gasteiger partial charge is 0.137 e. The number of benzene rings is 2. The van der Waals surface area contributed by atoms with Crippen LogP contribution < -0.4 is 10.1 Å². The maximum Gasteiger partial charge on any atom is 0.137 e. The molecule has 2 rings (SSSR count). The highest BCUT2D eigenvalue weighted by Gasteiger charge is 2.07. The Morgan fingerprint density at radius 3 is 2.67 bits per heavy atom. The summed E-state index contributed by atoms with van der Waals surface area (Å²) in [6.45, 7) is 3.61. The molecule has 0 spiro atoms. The fourth-order valence-electron chi connectivity index (χ4n) is 1.88. The number of hydrogen-bond acceptors (Lipinski definition) is 2. The third-order valence-corrected chi connectivity index (χ3v) is 3.57. The standard InChI is InChI=1S/C16H16BrF2NO/c1-2-20-9-12-8-13(18)4-6-16(12)21-10-11-3-5-15(19)14(17)7-11/h3-8,20H,2,9-10H2,1H3. The van der Waals surface area contributed by atoms with Crippen molar-refractivity contribution in [3.05, 3.63) is 63.6 Å². The number of rotatable bonds is 6. The van der Waals surface area contributed by atoms with Crippen molar-refractivity contribution in [1.82, 2.24) is 5.32 Å². The van der Waals surface area contributed by atoms with E-state index in [1.807, 2.05) is 6.92 Å². The highest BCUT2D eigenvalue weighted by Crippen LogP contribution is 2.22. The summed E-state index contributed by atoms with van der Waals surface area (Å²) in [6.07, 6.45) is 0. The molecule has 0 heterocycles. The topological polar surface area (TPSA) is 21.3 Å². The number of nitrogens with one attached hydrogen (secondary N) is 1. The van der Waals surface area contributed by atoms with Crippen molar-refractivity contribution in [2.75, 3.05) is 6.54 Å². The zero-order valence-electron chi connectivity index (χ0n) is 11.6. The molecule has 0 saturated carbocycles. The van der Waals surface area contributed by atoms with Crippen LogP contribution >= 0.6 is 15.9 Å². The second-order valence-corrected chi connectivity index (χ2v) is 5.42. The van der Waals surface area contributed by atoms with E-state index in [1.165, 1.54) is 18.2 Å². The maximum absolute atomic E-state index is 13.3. The Hall–Kier alpha value is -1.46. The van der Waals surface area contributed by atoms with Crippen LogP contribution in [0.4, 0.5) is 8.78 Å². The lowest BCUT2D eigenvalue weighted by molar-refractivity contribution is 0.301. The highest BCUT2D eigenvalue weighted by molar-refractivity contribution is 9.10. The molecule has 0 unspecified atom stereocenters. The van der Waals surface area contributed by atoms with Gasteiger partial charge < -0.3 is 10.1 Å². The minimum atomic E-state index is -0.312. The van der Waals surface area contributed by atoms with E-state index >= 15 is 0 Å². The Morgan fingerprint density at radius 2 is 1.95 bits per heavy atom. The van der Waals surface area contributed by atoms with E-state index in [2.05, 4.69) is 21.2 Å². The monoisotopic (exact) mass is 355 g/mol. The average molecular weight is 356 g/mol. The van der Waals surface area contributed by atoms with Gasteiger partial charge in [-0.1, -0.05) is 13.0 Å². The molecule has 0 fully saturated rings. The number of ether oxygens (including phenoxy) is 1. The van der Waals surface area contributed by atoms with Crippen LogP contribution in [0.5, 0.6) is 5.75 Å². The first-order chi connectivity index (χ1) is 10.1. The molecule has 0 aromatic heterocycles. The molecule has 0 amide bonds. The largest absolute Gasteiger partial charge is 0.489 e. The number of halogens is 3. The predicted molar refractivity (Wildman–Crippen MR) is 82.2 cm³/mol. The molecule has 5 heteroatoms. The quantitative estimate of drug-likeness (QED) is 0.828. The van der Waals surface area contributed by atoms with Gasteiger partial charge in [0, 0.05) is 12.1 Å². The highest BCUT2D eigenvalue weighted by atomic mass is 79.9. The minimum Gasteiger partial charge on any atom is -0.489 e. The predicted octanol–water partition coefficient (Wildman–Crippen LogP) is 4.42. The molecule has 2 nitrogen and oxygen atoms in total. The van der Waals surface area contributed by atoms with Gasteiger partial charge in [0.1, 0.15) is 24.0 Å². The summed E-state index contributed by atoms with van der Waals surface area (Å²) in [6, 6.07) is 9.15. The van der Waals surface area contributed by atoms with Gasteiger partial charge in [-0.2, -0.15) is 0 Å². The normalized spacial score (nSPS) is 10.7. The van der Waals surface area contributed by atoms with Crippen molar-refractivity contribution in [3.63, 3.8) is 0 Å². The van der Waals surface area contributed by atoms with E-state index in [9.17, 15) is 8.78 Å². The fraction of sp³-hybridized carbons (Fsp3) is 0.250. The van der Waals surface area contributed by atoms with Crippen molar-refractivity contribution in [2.45, 2.75) is 20.1 Å². The first-order valence-corrected chi connectivity index (χ1v) is 7.45. The molecule has 0 saturated heterocycles. The van der Waals surface area contributed by atoms with Gasteiger partial charge in [-0.25, -0.2) is 8.78 Å². The van der Waals surface area contributed by atoms with E-state index in [1.54, 1.807) is 18.2 Å². The molecule has 2 aromatic carbocycles. The lowest BCUT2D eigenvalue weighted by Gasteiger charge is -2.12. The van der Waals surface area contributed by atoms with E-state index in [4.69, 9.17) is 4.74 Å².